The van der Waals surface area contributed by atoms with Gasteiger partial charge in [0.15, 0.2) is 11.6 Å². The van der Waals surface area contributed by atoms with Crippen molar-refractivity contribution in [2.45, 2.75) is 32.6 Å². The molecule has 0 saturated carbocycles. The highest BCUT2D eigenvalue weighted by Gasteiger charge is 2.29. The van der Waals surface area contributed by atoms with Crippen LogP contribution in [-0.2, 0) is 0 Å². The minimum absolute atomic E-state index is 0.0363. The van der Waals surface area contributed by atoms with E-state index in [1.54, 1.807) is 24.3 Å². The quantitative estimate of drug-likeness (QED) is 0.713. The first-order chi connectivity index (χ1) is 10.1. The van der Waals surface area contributed by atoms with E-state index in [1.165, 1.54) is 0 Å². The molecule has 1 unspecified atom stereocenters. The molecule has 0 heterocycles. The van der Waals surface area contributed by atoms with Gasteiger partial charge in [-0.2, -0.15) is 0 Å². The van der Waals surface area contributed by atoms with Crippen molar-refractivity contribution >= 4 is 11.6 Å². The molecule has 1 atom stereocenters. The summed E-state index contributed by atoms with van der Waals surface area (Å²) in [6.07, 6.45) is 2.19. The molecule has 1 aliphatic rings. The lowest BCUT2D eigenvalue weighted by atomic mass is 9.82. The molecule has 0 N–H and O–H groups in total. The molecule has 21 heavy (non-hydrogen) atoms. The number of hydrogen-bond donors (Lipinski definition) is 0. The second-order valence-corrected chi connectivity index (χ2v) is 5.70. The van der Waals surface area contributed by atoms with E-state index in [4.69, 9.17) is 0 Å². The summed E-state index contributed by atoms with van der Waals surface area (Å²) in [5.41, 5.74) is 3.26. The second kappa shape index (κ2) is 5.28. The van der Waals surface area contributed by atoms with Crippen LogP contribution in [0.5, 0.6) is 0 Å². The topological polar surface area (TPSA) is 34.1 Å². The van der Waals surface area contributed by atoms with Crippen LogP contribution in [0, 0.1) is 0 Å². The van der Waals surface area contributed by atoms with Crippen molar-refractivity contribution < 1.29 is 9.59 Å². The molecule has 0 radical (unpaired) electrons. The number of carbonyl (C=O) groups is 2. The van der Waals surface area contributed by atoms with Gasteiger partial charge < -0.3 is 0 Å². The van der Waals surface area contributed by atoms with Crippen LogP contribution in [0.4, 0.5) is 0 Å². The van der Waals surface area contributed by atoms with Crippen LogP contribution >= 0.6 is 0 Å². The maximum atomic E-state index is 12.6. The summed E-state index contributed by atoms with van der Waals surface area (Å²) in [5, 5.41) is 0. The summed E-state index contributed by atoms with van der Waals surface area (Å²) in [4.78, 5) is 25.1. The average molecular weight is 278 g/mol. The lowest BCUT2D eigenvalue weighted by Gasteiger charge is -2.19. The first kappa shape index (κ1) is 13.7. The predicted octanol–water partition coefficient (Wildman–Crippen LogP) is 4.37. The Labute approximate surface area is 124 Å². The Hall–Kier alpha value is -2.22. The summed E-state index contributed by atoms with van der Waals surface area (Å²) in [7, 11) is 0. The summed E-state index contributed by atoms with van der Waals surface area (Å²) in [6.45, 7) is 4.31. The molecule has 2 nitrogen and oxygen atoms in total. The van der Waals surface area contributed by atoms with Crippen LogP contribution in [0.1, 0.15) is 70.0 Å². The maximum Gasteiger partial charge on any atom is 0.194 e. The van der Waals surface area contributed by atoms with Gasteiger partial charge in [0.2, 0.25) is 0 Å². The second-order valence-electron chi connectivity index (χ2n) is 5.70. The molecule has 0 bridgehead atoms. The van der Waals surface area contributed by atoms with E-state index in [-0.39, 0.29) is 11.6 Å². The summed E-state index contributed by atoms with van der Waals surface area (Å²) in [6, 6.07) is 12.8. The standard InChI is InChI=1S/C19H18O2/c1-3-6-12(2)13-9-10-16-17(11-13)19(21)15-8-5-4-7-14(15)18(16)20/h4-5,7-12H,3,6H2,1-2H3. The smallest absolute Gasteiger partial charge is 0.194 e. The molecule has 2 aromatic rings. The van der Waals surface area contributed by atoms with Gasteiger partial charge in [0.05, 0.1) is 0 Å². The predicted molar refractivity (Wildman–Crippen MR) is 83.1 cm³/mol. The van der Waals surface area contributed by atoms with Crippen LogP contribution < -0.4 is 0 Å². The van der Waals surface area contributed by atoms with Gasteiger partial charge in [-0.05, 0) is 24.0 Å². The number of ketones is 2. The molecule has 3 rings (SSSR count). The van der Waals surface area contributed by atoms with Crippen molar-refractivity contribution in [1.82, 2.24) is 0 Å². The lowest BCUT2D eigenvalue weighted by molar-refractivity contribution is 0.0979. The molecule has 0 amide bonds. The Morgan fingerprint density at radius 3 is 2.05 bits per heavy atom. The Morgan fingerprint density at radius 2 is 1.43 bits per heavy atom. The van der Waals surface area contributed by atoms with E-state index >= 15 is 0 Å². The van der Waals surface area contributed by atoms with E-state index < -0.39 is 0 Å². The highest BCUT2D eigenvalue weighted by molar-refractivity contribution is 6.28. The van der Waals surface area contributed by atoms with E-state index in [0.29, 0.717) is 28.2 Å². The Balaban J connectivity index is 2.11. The van der Waals surface area contributed by atoms with Crippen LogP contribution in [0.3, 0.4) is 0 Å². The van der Waals surface area contributed by atoms with Gasteiger partial charge >= 0.3 is 0 Å². The number of carbonyl (C=O) groups excluding carboxylic acids is 2. The lowest BCUT2D eigenvalue weighted by Crippen LogP contribution is -2.21. The zero-order chi connectivity index (χ0) is 15.0. The normalized spacial score (nSPS) is 14.6. The maximum absolute atomic E-state index is 12.6. The fourth-order valence-corrected chi connectivity index (χ4v) is 3.02. The number of benzene rings is 2. The fourth-order valence-electron chi connectivity index (χ4n) is 3.02. The molecule has 0 spiro atoms. The number of hydrogen-bond acceptors (Lipinski definition) is 2. The van der Waals surface area contributed by atoms with Crippen LogP contribution in [-0.4, -0.2) is 11.6 Å². The Bertz CT molecular complexity index is 728. The van der Waals surface area contributed by atoms with Crippen molar-refractivity contribution in [3.63, 3.8) is 0 Å². The highest BCUT2D eigenvalue weighted by Crippen LogP contribution is 2.30. The zero-order valence-corrected chi connectivity index (χ0v) is 12.3. The molecule has 0 aliphatic heterocycles. The van der Waals surface area contributed by atoms with Crippen LogP contribution in [0.2, 0.25) is 0 Å². The minimum Gasteiger partial charge on any atom is -0.289 e. The van der Waals surface area contributed by atoms with Gasteiger partial charge in [-0.1, -0.05) is 56.7 Å². The van der Waals surface area contributed by atoms with Crippen molar-refractivity contribution in [2.75, 3.05) is 0 Å². The third-order valence-electron chi connectivity index (χ3n) is 4.24. The minimum atomic E-state index is -0.0464. The molecule has 0 fully saturated rings. The van der Waals surface area contributed by atoms with E-state index in [1.807, 2.05) is 18.2 Å². The zero-order valence-electron chi connectivity index (χ0n) is 12.3. The molecule has 0 saturated heterocycles. The molecule has 0 aromatic heterocycles. The third-order valence-corrected chi connectivity index (χ3v) is 4.24. The number of fused-ring (bicyclic) bond motifs is 2. The number of rotatable bonds is 3. The third kappa shape index (κ3) is 2.21. The van der Waals surface area contributed by atoms with Gasteiger partial charge in [0, 0.05) is 22.3 Å². The summed E-state index contributed by atoms with van der Waals surface area (Å²) in [5.74, 6) is 0.320. The van der Waals surface area contributed by atoms with Crippen molar-refractivity contribution in [3.8, 4) is 0 Å². The van der Waals surface area contributed by atoms with Crippen molar-refractivity contribution in [2.24, 2.45) is 0 Å². The average Bonchev–Trinajstić information content (AvgIpc) is 2.52. The summed E-state index contributed by atoms with van der Waals surface area (Å²) < 4.78 is 0. The molecular formula is C19H18O2. The van der Waals surface area contributed by atoms with Crippen LogP contribution in [0.25, 0.3) is 0 Å². The Kier molecular flexibility index (Phi) is 3.46. The summed E-state index contributed by atoms with van der Waals surface area (Å²) >= 11 is 0. The van der Waals surface area contributed by atoms with Crippen molar-refractivity contribution in [3.05, 3.63) is 70.3 Å². The monoisotopic (exact) mass is 278 g/mol. The molecule has 1 aliphatic carbocycles. The van der Waals surface area contributed by atoms with E-state index in [9.17, 15) is 9.59 Å². The van der Waals surface area contributed by atoms with Gasteiger partial charge in [-0.3, -0.25) is 9.59 Å². The van der Waals surface area contributed by atoms with Gasteiger partial charge in [0.25, 0.3) is 0 Å². The van der Waals surface area contributed by atoms with E-state index in [0.717, 1.165) is 18.4 Å². The van der Waals surface area contributed by atoms with Crippen LogP contribution in [0.15, 0.2) is 42.5 Å². The molecule has 2 heteroatoms. The highest BCUT2D eigenvalue weighted by atomic mass is 16.1. The molecule has 106 valence electrons. The van der Waals surface area contributed by atoms with E-state index in [2.05, 4.69) is 13.8 Å². The fraction of sp³-hybridized carbons (Fsp3) is 0.263. The molecular weight excluding hydrogens is 260 g/mol. The largest absolute Gasteiger partial charge is 0.289 e. The Morgan fingerprint density at radius 1 is 0.857 bits per heavy atom. The van der Waals surface area contributed by atoms with Crippen molar-refractivity contribution in [1.29, 1.82) is 0 Å². The van der Waals surface area contributed by atoms with Gasteiger partial charge in [-0.25, -0.2) is 0 Å². The first-order valence-corrected chi connectivity index (χ1v) is 7.46. The first-order valence-electron chi connectivity index (χ1n) is 7.46. The van der Waals surface area contributed by atoms with Gasteiger partial charge in [-0.15, -0.1) is 0 Å². The molecule has 2 aromatic carbocycles. The SMILES string of the molecule is CCCC(C)c1ccc2c(c1)C(=O)c1ccccc1C2=O. The van der Waals surface area contributed by atoms with Gasteiger partial charge in [0.1, 0.15) is 0 Å².